The number of rotatable bonds is 7. The van der Waals surface area contributed by atoms with Crippen LogP contribution in [0.25, 0.3) is 21.8 Å². The van der Waals surface area contributed by atoms with Crippen LogP contribution in [-0.4, -0.2) is 22.2 Å². The van der Waals surface area contributed by atoms with Crippen molar-refractivity contribution < 1.29 is 23.8 Å². The first-order valence-corrected chi connectivity index (χ1v) is 11.7. The molecule has 0 aliphatic heterocycles. The van der Waals surface area contributed by atoms with Crippen molar-refractivity contribution in [3.8, 4) is 21.8 Å². The molecule has 7 nitrogen and oxygen atoms in total. The van der Waals surface area contributed by atoms with Crippen molar-refractivity contribution in [2.45, 2.75) is 31.3 Å². The first-order chi connectivity index (χ1) is 16.5. The number of oxazole rings is 1. The van der Waals surface area contributed by atoms with Crippen LogP contribution in [0.1, 0.15) is 36.3 Å². The van der Waals surface area contributed by atoms with E-state index in [-0.39, 0.29) is 5.82 Å². The Labute approximate surface area is 200 Å². The van der Waals surface area contributed by atoms with Crippen molar-refractivity contribution in [3.05, 3.63) is 83.6 Å². The number of aliphatic carboxylic acids is 1. The maximum absolute atomic E-state index is 12.4. The van der Waals surface area contributed by atoms with E-state index in [0.29, 0.717) is 18.6 Å². The molecule has 1 aliphatic carbocycles. The van der Waals surface area contributed by atoms with Crippen LogP contribution in [0.15, 0.2) is 77.5 Å². The van der Waals surface area contributed by atoms with E-state index in [9.17, 15) is 14.7 Å². The predicted molar refractivity (Wildman–Crippen MR) is 129 cm³/mol. The standard InChI is InChI=1S/C26H22N2O5S/c1-16(17-5-3-2-4-6-17)33-25(31)28-23-22(32-15-27-23)19-9-7-18(8-10-19)20-11-12-21(34-20)26(13-14-26)24(29)30/h2-12,15-16H,13-14H2,1H3,(H,28,31)(H,29,30). The number of hydrogen-bond donors (Lipinski definition) is 2. The van der Waals surface area contributed by atoms with Crippen LogP contribution in [0.5, 0.6) is 0 Å². The summed E-state index contributed by atoms with van der Waals surface area (Å²) in [6.45, 7) is 1.80. The molecule has 2 aromatic carbocycles. The Morgan fingerprint density at radius 1 is 1.06 bits per heavy atom. The summed E-state index contributed by atoms with van der Waals surface area (Å²) >= 11 is 1.51. The first-order valence-electron chi connectivity index (χ1n) is 10.9. The summed E-state index contributed by atoms with van der Waals surface area (Å²) in [5.74, 6) is -0.0580. The van der Waals surface area contributed by atoms with Gasteiger partial charge in [0.1, 0.15) is 11.5 Å². The number of carbonyl (C=O) groups is 2. The van der Waals surface area contributed by atoms with Gasteiger partial charge in [-0.3, -0.25) is 10.1 Å². The molecule has 2 N–H and O–H groups in total. The molecule has 1 fully saturated rings. The second kappa shape index (κ2) is 8.79. The first kappa shape index (κ1) is 21.9. The summed E-state index contributed by atoms with van der Waals surface area (Å²) in [4.78, 5) is 30.0. The number of hydrogen-bond acceptors (Lipinski definition) is 6. The highest BCUT2D eigenvalue weighted by atomic mass is 32.1. The third-order valence-corrected chi connectivity index (χ3v) is 7.35. The molecule has 1 amide bonds. The highest BCUT2D eigenvalue weighted by Gasteiger charge is 2.52. The second-order valence-corrected chi connectivity index (χ2v) is 9.33. The van der Waals surface area contributed by atoms with Gasteiger partial charge in [-0.1, -0.05) is 54.6 Å². The lowest BCUT2D eigenvalue weighted by atomic mass is 10.1. The lowest BCUT2D eigenvalue weighted by Crippen LogP contribution is -2.17. The van der Waals surface area contributed by atoms with Crippen molar-refractivity contribution in [2.24, 2.45) is 0 Å². The Hall–Kier alpha value is -3.91. The average molecular weight is 475 g/mol. The molecule has 1 atom stereocenters. The molecule has 0 saturated heterocycles. The zero-order valence-electron chi connectivity index (χ0n) is 18.4. The Bertz CT molecular complexity index is 1320. The fourth-order valence-corrected chi connectivity index (χ4v) is 5.10. The minimum atomic E-state index is -0.752. The normalized spacial score (nSPS) is 14.9. The number of anilines is 1. The van der Waals surface area contributed by atoms with Gasteiger partial charge in [-0.15, -0.1) is 11.3 Å². The van der Waals surface area contributed by atoms with Crippen LogP contribution < -0.4 is 5.32 Å². The van der Waals surface area contributed by atoms with Gasteiger partial charge in [0.2, 0.25) is 0 Å². The second-order valence-electron chi connectivity index (χ2n) is 8.24. The van der Waals surface area contributed by atoms with Gasteiger partial charge in [0.05, 0.1) is 0 Å². The maximum Gasteiger partial charge on any atom is 0.413 e. The largest absolute Gasteiger partial charge is 0.481 e. The highest BCUT2D eigenvalue weighted by molar-refractivity contribution is 7.15. The summed E-state index contributed by atoms with van der Waals surface area (Å²) in [5.41, 5.74) is 1.91. The lowest BCUT2D eigenvalue weighted by Gasteiger charge is -2.13. The van der Waals surface area contributed by atoms with Gasteiger partial charge in [0.15, 0.2) is 18.0 Å². The number of carboxylic acid groups (broad SMARTS) is 1. The topological polar surface area (TPSA) is 102 Å². The minimum absolute atomic E-state index is 0.272. The molecule has 1 saturated carbocycles. The van der Waals surface area contributed by atoms with Crippen molar-refractivity contribution >= 4 is 29.2 Å². The molecule has 2 heterocycles. The van der Waals surface area contributed by atoms with Crippen LogP contribution in [0.2, 0.25) is 0 Å². The van der Waals surface area contributed by atoms with Crippen molar-refractivity contribution in [3.63, 3.8) is 0 Å². The molecule has 2 aromatic heterocycles. The van der Waals surface area contributed by atoms with E-state index in [1.54, 1.807) is 6.92 Å². The molecule has 172 valence electrons. The SMILES string of the molecule is CC(OC(=O)Nc1ncoc1-c1ccc(-c2ccc(C3(C(=O)O)CC3)s2)cc1)c1ccccc1. The van der Waals surface area contributed by atoms with Gasteiger partial charge in [-0.25, -0.2) is 4.79 Å². The third kappa shape index (κ3) is 4.20. The van der Waals surface area contributed by atoms with Crippen LogP contribution in [-0.2, 0) is 14.9 Å². The van der Waals surface area contributed by atoms with E-state index in [1.807, 2.05) is 66.7 Å². The number of nitrogens with one attached hydrogen (secondary N) is 1. The lowest BCUT2D eigenvalue weighted by molar-refractivity contribution is -0.139. The fourth-order valence-electron chi connectivity index (χ4n) is 3.85. The number of thiophene rings is 1. The number of benzene rings is 2. The zero-order valence-corrected chi connectivity index (χ0v) is 19.2. The predicted octanol–water partition coefficient (Wildman–Crippen LogP) is 6.50. The molecule has 0 bridgehead atoms. The molecule has 0 radical (unpaired) electrons. The Morgan fingerprint density at radius 3 is 2.44 bits per heavy atom. The van der Waals surface area contributed by atoms with Crippen molar-refractivity contribution in [1.29, 1.82) is 0 Å². The molecule has 8 heteroatoms. The summed E-state index contributed by atoms with van der Waals surface area (Å²) in [6.07, 6.45) is 1.61. The molecule has 5 rings (SSSR count). The number of ether oxygens (including phenoxy) is 1. The van der Waals surface area contributed by atoms with Gasteiger partial charge in [-0.2, -0.15) is 4.98 Å². The zero-order chi connectivity index (χ0) is 23.7. The number of carbonyl (C=O) groups excluding carboxylic acids is 1. The number of nitrogens with zero attached hydrogens (tertiary/aromatic N) is 1. The third-order valence-electron chi connectivity index (χ3n) is 6.01. The summed E-state index contributed by atoms with van der Waals surface area (Å²) in [6, 6.07) is 21.0. The maximum atomic E-state index is 12.4. The van der Waals surface area contributed by atoms with Gasteiger partial charge in [0.25, 0.3) is 0 Å². The summed E-state index contributed by atoms with van der Waals surface area (Å²) < 4.78 is 11.0. The molecule has 0 spiro atoms. The molecular formula is C26H22N2O5S. The Kier molecular flexibility index (Phi) is 5.67. The fraction of sp³-hybridized carbons (Fsp3) is 0.192. The van der Waals surface area contributed by atoms with E-state index < -0.39 is 23.6 Å². The summed E-state index contributed by atoms with van der Waals surface area (Å²) in [5, 5.41) is 12.2. The average Bonchev–Trinajstić information content (AvgIpc) is 3.29. The quantitative estimate of drug-likeness (QED) is 0.317. The highest BCUT2D eigenvalue weighted by Crippen LogP contribution is 2.51. The van der Waals surface area contributed by atoms with Crippen molar-refractivity contribution in [2.75, 3.05) is 5.32 Å². The van der Waals surface area contributed by atoms with E-state index in [2.05, 4.69) is 10.3 Å². The van der Waals surface area contributed by atoms with Gasteiger partial charge < -0.3 is 14.3 Å². The van der Waals surface area contributed by atoms with E-state index in [1.165, 1.54) is 17.7 Å². The number of amides is 1. The number of aromatic nitrogens is 1. The van der Waals surface area contributed by atoms with E-state index in [0.717, 1.165) is 26.4 Å². The Morgan fingerprint density at radius 2 is 1.76 bits per heavy atom. The minimum Gasteiger partial charge on any atom is -0.481 e. The molecule has 4 aromatic rings. The van der Waals surface area contributed by atoms with Gasteiger partial charge >= 0.3 is 12.1 Å². The monoisotopic (exact) mass is 474 g/mol. The van der Waals surface area contributed by atoms with Crippen LogP contribution in [0.3, 0.4) is 0 Å². The van der Waals surface area contributed by atoms with Crippen LogP contribution in [0.4, 0.5) is 10.6 Å². The Balaban J connectivity index is 1.28. The van der Waals surface area contributed by atoms with Crippen molar-refractivity contribution in [1.82, 2.24) is 4.98 Å². The van der Waals surface area contributed by atoms with E-state index in [4.69, 9.17) is 9.15 Å². The van der Waals surface area contributed by atoms with Crippen LogP contribution in [0, 0.1) is 0 Å². The van der Waals surface area contributed by atoms with Gasteiger partial charge in [0, 0.05) is 15.3 Å². The molecular weight excluding hydrogens is 452 g/mol. The molecule has 1 unspecified atom stereocenters. The van der Waals surface area contributed by atoms with E-state index >= 15 is 0 Å². The van der Waals surface area contributed by atoms with Gasteiger partial charge in [-0.05, 0) is 43.0 Å². The smallest absolute Gasteiger partial charge is 0.413 e. The summed E-state index contributed by atoms with van der Waals surface area (Å²) in [7, 11) is 0. The number of carboxylic acids is 1. The molecule has 34 heavy (non-hydrogen) atoms. The molecule has 1 aliphatic rings. The van der Waals surface area contributed by atoms with Crippen LogP contribution >= 0.6 is 11.3 Å².